The van der Waals surface area contributed by atoms with E-state index in [0.29, 0.717) is 18.7 Å². The Morgan fingerprint density at radius 1 is 1.23 bits per heavy atom. The highest BCUT2D eigenvalue weighted by atomic mass is 35.5. The Morgan fingerprint density at radius 3 is 2.69 bits per heavy atom. The smallest absolute Gasteiger partial charge is 0.456 e. The van der Waals surface area contributed by atoms with Crippen molar-refractivity contribution in [2.45, 2.75) is 51.3 Å². The topological polar surface area (TPSA) is 117 Å². The number of halogens is 3. The van der Waals surface area contributed by atoms with E-state index < -0.39 is 11.9 Å². The number of ether oxygens (including phenoxy) is 1. The number of carbonyl (C=O) groups excluding carboxylic acids is 1. The first-order chi connectivity index (χ1) is 15.5. The third-order valence-electron chi connectivity index (χ3n) is 6.37. The summed E-state index contributed by atoms with van der Waals surface area (Å²) in [5.41, 5.74) is 10.6. The second-order valence-electron chi connectivity index (χ2n) is 8.44. The van der Waals surface area contributed by atoms with E-state index in [9.17, 15) is 9.59 Å². The van der Waals surface area contributed by atoms with E-state index in [1.165, 1.54) is 5.56 Å². The number of nitrogens with zero attached hydrogens (tertiary/aromatic N) is 3. The van der Waals surface area contributed by atoms with Crippen molar-refractivity contribution in [3.63, 3.8) is 0 Å². The molecule has 2 aromatic heterocycles. The van der Waals surface area contributed by atoms with Crippen LogP contribution in [-0.4, -0.2) is 45.6 Å². The zero-order chi connectivity index (χ0) is 22.2. The lowest BCUT2D eigenvalue weighted by molar-refractivity contribution is -0.151. The van der Waals surface area contributed by atoms with E-state index in [4.69, 9.17) is 19.3 Å². The zero-order valence-electron chi connectivity index (χ0n) is 19.2. The summed E-state index contributed by atoms with van der Waals surface area (Å²) in [6.45, 7) is 2.79. The quantitative estimate of drug-likeness (QED) is 0.468. The van der Waals surface area contributed by atoms with Gasteiger partial charge in [0.05, 0.1) is 12.0 Å². The van der Waals surface area contributed by atoms with E-state index in [1.807, 2.05) is 18.5 Å². The summed E-state index contributed by atoms with van der Waals surface area (Å²) in [5.74, 6) is -0.665. The summed E-state index contributed by atoms with van der Waals surface area (Å²) in [5, 5.41) is 0. The van der Waals surface area contributed by atoms with E-state index in [-0.39, 0.29) is 61.6 Å². The number of aromatic nitrogens is 2. The Morgan fingerprint density at radius 2 is 2.00 bits per heavy atom. The normalized spacial score (nSPS) is 17.3. The minimum Gasteiger partial charge on any atom is -0.456 e. The molecule has 2 atom stereocenters. The standard InChI is InChI=1S/C23H26N4O5.3ClH/c1-14-21(32-23(29)31-14)12-30-22(28)20(26-9-8-16(24)11-26)10-17-19-7-6-15-4-2-3-5-18(15)27(19)13-25-17;;;/h2-5,13,16,20H,6-12,24H2,1H3;3*1H/t16-,20-;;;/m0.../s1. The van der Waals surface area contributed by atoms with Crippen LogP contribution in [0, 0.1) is 6.92 Å². The monoisotopic (exact) mass is 546 g/mol. The first-order valence-electron chi connectivity index (χ1n) is 10.9. The Labute approximate surface area is 221 Å². The van der Waals surface area contributed by atoms with E-state index >= 15 is 0 Å². The molecule has 12 heteroatoms. The summed E-state index contributed by atoms with van der Waals surface area (Å²) in [6, 6.07) is 7.82. The van der Waals surface area contributed by atoms with Gasteiger partial charge >= 0.3 is 11.8 Å². The molecule has 0 spiro atoms. The number of hydrogen-bond acceptors (Lipinski definition) is 8. The first kappa shape index (κ1) is 28.9. The van der Waals surface area contributed by atoms with Crippen LogP contribution >= 0.6 is 37.2 Å². The minimum atomic E-state index is -0.805. The lowest BCUT2D eigenvalue weighted by Gasteiger charge is -2.26. The van der Waals surface area contributed by atoms with Crippen molar-refractivity contribution in [3.8, 4) is 5.69 Å². The SMILES string of the molecule is Cc1oc(=O)oc1COC(=O)[C@H](Cc1ncn2c1CCc1ccccc1-2)N1CC[C@H](N)C1.Cl.Cl.Cl. The van der Waals surface area contributed by atoms with E-state index in [1.54, 1.807) is 6.92 Å². The third-order valence-corrected chi connectivity index (χ3v) is 6.37. The van der Waals surface area contributed by atoms with Crippen molar-refractivity contribution in [1.82, 2.24) is 14.5 Å². The molecule has 4 heterocycles. The van der Waals surface area contributed by atoms with Gasteiger partial charge in [-0.3, -0.25) is 9.69 Å². The van der Waals surface area contributed by atoms with E-state index in [2.05, 4.69) is 26.6 Å². The van der Waals surface area contributed by atoms with Crippen LogP contribution in [0.4, 0.5) is 0 Å². The number of fused-ring (bicyclic) bond motifs is 3. The van der Waals surface area contributed by atoms with Crippen LogP contribution in [0.1, 0.15) is 34.9 Å². The van der Waals surface area contributed by atoms with Crippen molar-refractivity contribution in [1.29, 1.82) is 0 Å². The molecule has 0 bridgehead atoms. The number of rotatable bonds is 6. The van der Waals surface area contributed by atoms with Crippen molar-refractivity contribution in [3.05, 3.63) is 69.7 Å². The molecule has 35 heavy (non-hydrogen) atoms. The molecule has 2 aliphatic heterocycles. The van der Waals surface area contributed by atoms with Gasteiger partial charge in [0.25, 0.3) is 0 Å². The molecule has 0 unspecified atom stereocenters. The zero-order valence-corrected chi connectivity index (χ0v) is 21.6. The highest BCUT2D eigenvalue weighted by Gasteiger charge is 2.34. The van der Waals surface area contributed by atoms with Crippen LogP contribution in [0.15, 0.2) is 44.2 Å². The van der Waals surface area contributed by atoms with Gasteiger partial charge in [-0.1, -0.05) is 18.2 Å². The largest absolute Gasteiger partial charge is 0.519 e. The third kappa shape index (κ3) is 5.92. The Hall–Kier alpha value is -2.30. The highest BCUT2D eigenvalue weighted by molar-refractivity contribution is 5.86. The fraction of sp³-hybridized carbons (Fsp3) is 0.435. The van der Waals surface area contributed by atoms with Crippen molar-refractivity contribution in [2.24, 2.45) is 5.73 Å². The van der Waals surface area contributed by atoms with Crippen LogP contribution in [0.25, 0.3) is 5.69 Å². The molecule has 2 aliphatic rings. The molecule has 1 saturated heterocycles. The number of para-hydroxylation sites is 1. The predicted molar refractivity (Wildman–Crippen MR) is 136 cm³/mol. The number of hydrogen-bond donors (Lipinski definition) is 1. The molecular formula is C23H29Cl3N4O5. The lowest BCUT2D eigenvalue weighted by Crippen LogP contribution is -2.43. The number of likely N-dealkylation sites (tertiary alicyclic amines) is 1. The van der Waals surface area contributed by atoms with Crippen molar-refractivity contribution in [2.75, 3.05) is 13.1 Å². The molecular weight excluding hydrogens is 519 g/mol. The Kier molecular flexibility index (Phi) is 10.00. The predicted octanol–water partition coefficient (Wildman–Crippen LogP) is 2.78. The Bertz CT molecular complexity index is 1210. The van der Waals surface area contributed by atoms with Crippen molar-refractivity contribution < 1.29 is 18.4 Å². The number of aryl methyl sites for hydroxylation is 2. The van der Waals surface area contributed by atoms with Crippen molar-refractivity contribution >= 4 is 43.2 Å². The summed E-state index contributed by atoms with van der Waals surface area (Å²) in [6.07, 6.45) is 4.91. The Balaban J connectivity index is 0.00000144. The van der Waals surface area contributed by atoms with Gasteiger partial charge in [-0.2, -0.15) is 0 Å². The molecule has 3 aromatic rings. The lowest BCUT2D eigenvalue weighted by atomic mass is 9.98. The van der Waals surface area contributed by atoms with Crippen LogP contribution < -0.4 is 11.6 Å². The van der Waals surface area contributed by atoms with Gasteiger partial charge in [0.1, 0.15) is 6.04 Å². The molecule has 0 aliphatic carbocycles. The van der Waals surface area contributed by atoms with Gasteiger partial charge in [0.15, 0.2) is 18.1 Å². The summed E-state index contributed by atoms with van der Waals surface area (Å²) >= 11 is 0. The van der Waals surface area contributed by atoms with Crippen LogP contribution in [0.2, 0.25) is 0 Å². The summed E-state index contributed by atoms with van der Waals surface area (Å²) in [4.78, 5) is 31.1. The number of esters is 1. The minimum absolute atomic E-state index is 0. The maximum absolute atomic E-state index is 13.1. The first-order valence-corrected chi connectivity index (χ1v) is 10.9. The number of nitrogens with two attached hydrogens (primary N) is 1. The molecule has 1 fully saturated rings. The second kappa shape index (κ2) is 12.1. The number of benzene rings is 1. The molecule has 5 rings (SSSR count). The molecule has 9 nitrogen and oxygen atoms in total. The van der Waals surface area contributed by atoms with Crippen LogP contribution in [0.5, 0.6) is 0 Å². The molecule has 192 valence electrons. The number of imidazole rings is 1. The van der Waals surface area contributed by atoms with Gasteiger partial charge in [0, 0.05) is 36.9 Å². The molecule has 2 N–H and O–H groups in total. The maximum atomic E-state index is 13.1. The van der Waals surface area contributed by atoms with Gasteiger partial charge in [-0.25, -0.2) is 9.78 Å². The van der Waals surface area contributed by atoms with Gasteiger partial charge < -0.3 is 23.9 Å². The van der Waals surface area contributed by atoms with Crippen LogP contribution in [0.3, 0.4) is 0 Å². The second-order valence-corrected chi connectivity index (χ2v) is 8.44. The van der Waals surface area contributed by atoms with E-state index in [0.717, 1.165) is 42.9 Å². The highest BCUT2D eigenvalue weighted by Crippen LogP contribution is 2.28. The fourth-order valence-corrected chi connectivity index (χ4v) is 4.65. The number of carbonyl (C=O) groups is 1. The maximum Gasteiger partial charge on any atom is 0.519 e. The van der Waals surface area contributed by atoms with Gasteiger partial charge in [0.2, 0.25) is 0 Å². The molecule has 0 saturated carbocycles. The van der Waals surface area contributed by atoms with Gasteiger partial charge in [-0.05, 0) is 37.8 Å². The van der Waals surface area contributed by atoms with Crippen LogP contribution in [-0.2, 0) is 35.4 Å². The fourth-order valence-electron chi connectivity index (χ4n) is 4.65. The molecule has 0 amide bonds. The molecule has 0 radical (unpaired) electrons. The average molecular weight is 548 g/mol. The summed E-state index contributed by atoms with van der Waals surface area (Å²) < 4.78 is 17.4. The van der Waals surface area contributed by atoms with Gasteiger partial charge in [-0.15, -0.1) is 37.2 Å². The average Bonchev–Trinajstić information content (AvgIpc) is 3.48. The summed E-state index contributed by atoms with van der Waals surface area (Å²) in [7, 11) is 0. The molecule has 1 aromatic carbocycles.